The number of Topliss-reactive ketones (excluding diaryl/α,β-unsaturated/α-hetero) is 1. The normalized spacial score (nSPS) is 44.5. The molecule has 0 bridgehead atoms. The van der Waals surface area contributed by atoms with Crippen molar-refractivity contribution in [2.45, 2.75) is 104 Å². The highest BCUT2D eigenvalue weighted by atomic mass is 16.6. The number of nitrogens with zero attached hydrogens (tertiary/aromatic N) is 1. The zero-order chi connectivity index (χ0) is 21.2. The maximum Gasteiger partial charge on any atom is 0.410 e. The lowest BCUT2D eigenvalue weighted by atomic mass is 9.45. The average Bonchev–Trinajstić information content (AvgIpc) is 2.94. The van der Waals surface area contributed by atoms with Crippen molar-refractivity contribution in [3.8, 4) is 0 Å². The summed E-state index contributed by atoms with van der Waals surface area (Å²) in [5, 5.41) is 0. The minimum absolute atomic E-state index is 0.0293. The highest BCUT2D eigenvalue weighted by molar-refractivity contribution is 5.87. The molecule has 0 saturated heterocycles. The van der Waals surface area contributed by atoms with Crippen molar-refractivity contribution >= 4 is 11.9 Å². The minimum Gasteiger partial charge on any atom is -0.444 e. The van der Waals surface area contributed by atoms with Crippen LogP contribution in [0.5, 0.6) is 0 Å². The highest BCUT2D eigenvalue weighted by Crippen LogP contribution is 2.65. The van der Waals surface area contributed by atoms with Crippen molar-refractivity contribution in [1.29, 1.82) is 0 Å². The van der Waals surface area contributed by atoms with Crippen LogP contribution in [0, 0.1) is 34.5 Å². The van der Waals surface area contributed by atoms with Gasteiger partial charge in [0.1, 0.15) is 11.4 Å². The van der Waals surface area contributed by atoms with E-state index in [0.29, 0.717) is 29.1 Å². The summed E-state index contributed by atoms with van der Waals surface area (Å²) in [6.07, 6.45) is 10.0. The lowest BCUT2D eigenvalue weighted by Crippen LogP contribution is -2.55. The summed E-state index contributed by atoms with van der Waals surface area (Å²) in [4.78, 5) is 27.1. The first kappa shape index (κ1) is 21.2. The van der Waals surface area contributed by atoms with Crippen molar-refractivity contribution in [2.75, 3.05) is 7.05 Å². The van der Waals surface area contributed by atoms with Crippen LogP contribution in [-0.2, 0) is 9.53 Å². The first-order chi connectivity index (χ1) is 13.5. The molecule has 4 saturated carbocycles. The number of carbonyl (C=O) groups is 2. The second kappa shape index (κ2) is 6.99. The molecule has 0 heterocycles. The van der Waals surface area contributed by atoms with E-state index in [1.54, 1.807) is 0 Å². The topological polar surface area (TPSA) is 46.6 Å². The molecular weight excluding hydrogens is 362 g/mol. The van der Waals surface area contributed by atoms with Gasteiger partial charge in [0.05, 0.1) is 0 Å². The molecule has 4 fully saturated rings. The molecule has 7 atom stereocenters. The molecule has 4 heteroatoms. The van der Waals surface area contributed by atoms with Gasteiger partial charge in [0.15, 0.2) is 0 Å². The predicted octanol–water partition coefficient (Wildman–Crippen LogP) is 5.83. The average molecular weight is 404 g/mol. The number of rotatable bonds is 1. The standard InChI is InChI=1S/C25H41NO3/c1-23(2,3)29-22(28)26(6)17-11-13-24(4)16(15-17)7-8-18-19-9-10-21(27)25(19,5)14-12-20(18)24/h16-20H,7-15H2,1-6H3/t16?,17-,18-,19-,20?,24-,25-/m0/s1. The van der Waals surface area contributed by atoms with E-state index in [9.17, 15) is 9.59 Å². The monoisotopic (exact) mass is 403 g/mol. The van der Waals surface area contributed by atoms with Gasteiger partial charge in [-0.25, -0.2) is 4.79 Å². The molecule has 4 aliphatic rings. The van der Waals surface area contributed by atoms with Gasteiger partial charge >= 0.3 is 6.09 Å². The zero-order valence-corrected chi connectivity index (χ0v) is 19.4. The predicted molar refractivity (Wildman–Crippen MR) is 115 cm³/mol. The van der Waals surface area contributed by atoms with Crippen LogP contribution in [0.4, 0.5) is 4.79 Å². The van der Waals surface area contributed by atoms with E-state index in [1.165, 1.54) is 25.7 Å². The Labute approximate surface area is 177 Å². The Kier molecular flexibility index (Phi) is 5.10. The minimum atomic E-state index is -0.444. The van der Waals surface area contributed by atoms with E-state index in [0.717, 1.165) is 43.9 Å². The summed E-state index contributed by atoms with van der Waals surface area (Å²) >= 11 is 0. The van der Waals surface area contributed by atoms with E-state index in [-0.39, 0.29) is 11.5 Å². The Bertz CT molecular complexity index is 682. The number of fused-ring (bicyclic) bond motifs is 5. The lowest BCUT2D eigenvalue weighted by molar-refractivity contribution is -0.140. The van der Waals surface area contributed by atoms with E-state index < -0.39 is 5.60 Å². The fourth-order valence-corrected chi connectivity index (χ4v) is 7.84. The smallest absolute Gasteiger partial charge is 0.410 e. The van der Waals surface area contributed by atoms with Crippen LogP contribution in [0.15, 0.2) is 0 Å². The summed E-state index contributed by atoms with van der Waals surface area (Å²) < 4.78 is 5.62. The molecule has 0 aromatic carbocycles. The molecule has 4 nitrogen and oxygen atoms in total. The Morgan fingerprint density at radius 2 is 1.76 bits per heavy atom. The van der Waals surface area contributed by atoms with Gasteiger partial charge in [0, 0.05) is 24.9 Å². The summed E-state index contributed by atoms with van der Waals surface area (Å²) in [6.45, 7) is 10.6. The van der Waals surface area contributed by atoms with Crippen molar-refractivity contribution < 1.29 is 14.3 Å². The second-order valence-corrected chi connectivity index (χ2v) is 12.1. The van der Waals surface area contributed by atoms with E-state index in [2.05, 4.69) is 13.8 Å². The molecule has 0 N–H and O–H groups in total. The summed E-state index contributed by atoms with van der Waals surface area (Å²) in [7, 11) is 1.92. The SMILES string of the molecule is CN(C(=O)OC(C)(C)C)[C@H]1CC[C@@]2(C)C(CC[C@@H]3C2CC[C@]2(C)C(=O)CC[C@@H]32)C1. The van der Waals surface area contributed by atoms with Crippen LogP contribution in [0.1, 0.15) is 92.4 Å². The molecular formula is C25H41NO3. The number of ether oxygens (including phenoxy) is 1. The van der Waals surface area contributed by atoms with Crippen LogP contribution >= 0.6 is 0 Å². The molecule has 2 unspecified atom stereocenters. The first-order valence-electron chi connectivity index (χ1n) is 11.9. The number of amides is 1. The summed E-state index contributed by atoms with van der Waals surface area (Å²) in [5.74, 6) is 3.35. The van der Waals surface area contributed by atoms with Crippen LogP contribution in [0.3, 0.4) is 0 Å². The fraction of sp³-hybridized carbons (Fsp3) is 0.920. The molecule has 164 valence electrons. The van der Waals surface area contributed by atoms with Crippen LogP contribution in [0.25, 0.3) is 0 Å². The lowest BCUT2D eigenvalue weighted by Gasteiger charge is -2.60. The van der Waals surface area contributed by atoms with Crippen LogP contribution in [-0.4, -0.2) is 35.5 Å². The molecule has 0 spiro atoms. The maximum absolute atomic E-state index is 12.6. The van der Waals surface area contributed by atoms with Gasteiger partial charge < -0.3 is 9.64 Å². The number of hydrogen-bond donors (Lipinski definition) is 0. The van der Waals surface area contributed by atoms with Gasteiger partial charge in [-0.05, 0) is 101 Å². The molecule has 0 aromatic rings. The first-order valence-corrected chi connectivity index (χ1v) is 11.9. The van der Waals surface area contributed by atoms with E-state index >= 15 is 0 Å². The molecule has 0 aliphatic heterocycles. The Balaban J connectivity index is 1.46. The molecule has 1 amide bonds. The maximum atomic E-state index is 12.6. The van der Waals surface area contributed by atoms with Crippen molar-refractivity contribution in [1.82, 2.24) is 4.90 Å². The molecule has 0 aromatic heterocycles. The molecule has 0 radical (unpaired) electrons. The third-order valence-corrected chi connectivity index (χ3v) is 9.58. The van der Waals surface area contributed by atoms with Gasteiger partial charge in [-0.2, -0.15) is 0 Å². The quantitative estimate of drug-likeness (QED) is 0.553. The van der Waals surface area contributed by atoms with Gasteiger partial charge in [-0.15, -0.1) is 0 Å². The summed E-state index contributed by atoms with van der Waals surface area (Å²) in [5.41, 5.74) is -0.0975. The Hall–Kier alpha value is -1.06. The molecule has 4 aliphatic carbocycles. The van der Waals surface area contributed by atoms with E-state index in [4.69, 9.17) is 4.74 Å². The molecule has 29 heavy (non-hydrogen) atoms. The number of ketones is 1. The van der Waals surface area contributed by atoms with E-state index in [1.807, 2.05) is 32.7 Å². The van der Waals surface area contributed by atoms with Crippen LogP contribution < -0.4 is 0 Å². The number of carbonyl (C=O) groups excluding carboxylic acids is 2. The Morgan fingerprint density at radius 3 is 2.45 bits per heavy atom. The van der Waals surface area contributed by atoms with Gasteiger partial charge in [0.2, 0.25) is 0 Å². The summed E-state index contributed by atoms with van der Waals surface area (Å²) in [6, 6.07) is 0.293. The van der Waals surface area contributed by atoms with Gasteiger partial charge in [0.25, 0.3) is 0 Å². The van der Waals surface area contributed by atoms with Crippen LogP contribution in [0.2, 0.25) is 0 Å². The van der Waals surface area contributed by atoms with Gasteiger partial charge in [-0.3, -0.25) is 4.79 Å². The fourth-order valence-electron chi connectivity index (χ4n) is 7.84. The third-order valence-electron chi connectivity index (χ3n) is 9.58. The number of hydrogen-bond acceptors (Lipinski definition) is 3. The zero-order valence-electron chi connectivity index (χ0n) is 19.4. The molecule has 4 rings (SSSR count). The van der Waals surface area contributed by atoms with Crippen molar-refractivity contribution in [2.24, 2.45) is 34.5 Å². The third kappa shape index (κ3) is 3.43. The second-order valence-electron chi connectivity index (χ2n) is 12.1. The van der Waals surface area contributed by atoms with Gasteiger partial charge in [-0.1, -0.05) is 13.8 Å². The largest absolute Gasteiger partial charge is 0.444 e. The van der Waals surface area contributed by atoms with Crippen molar-refractivity contribution in [3.63, 3.8) is 0 Å². The van der Waals surface area contributed by atoms with Crippen molar-refractivity contribution in [3.05, 3.63) is 0 Å². The Morgan fingerprint density at radius 1 is 1.03 bits per heavy atom. The highest BCUT2D eigenvalue weighted by Gasteiger charge is 2.60.